The van der Waals surface area contributed by atoms with Crippen LogP contribution in [0.3, 0.4) is 0 Å². The number of hydrogen-bond acceptors (Lipinski definition) is 4. The van der Waals surface area contributed by atoms with Crippen molar-refractivity contribution in [3.8, 4) is 0 Å². The molecule has 0 aromatic carbocycles. The van der Waals surface area contributed by atoms with Gasteiger partial charge in [-0.25, -0.2) is 0 Å². The van der Waals surface area contributed by atoms with E-state index in [0.29, 0.717) is 42.9 Å². The van der Waals surface area contributed by atoms with E-state index < -0.39 is 6.29 Å². The van der Waals surface area contributed by atoms with Crippen molar-refractivity contribution in [1.82, 2.24) is 0 Å². The quantitative estimate of drug-likeness (QED) is 0.610. The summed E-state index contributed by atoms with van der Waals surface area (Å²) in [6.07, 6.45) is 9.25. The van der Waals surface area contributed by atoms with Crippen LogP contribution in [-0.2, 0) is 14.2 Å². The van der Waals surface area contributed by atoms with Crippen molar-refractivity contribution in [2.24, 2.45) is 11.8 Å². The molecule has 0 spiro atoms. The molecule has 0 radical (unpaired) electrons. The molecule has 2 aliphatic heterocycles. The number of epoxide rings is 2. The zero-order valence-electron chi connectivity index (χ0n) is 11.4. The first-order chi connectivity index (χ1) is 9.28. The molecule has 0 bridgehead atoms. The molecule has 4 heteroatoms. The standard InChI is InChI=1S/C15H24O4/c16-15(7-9-1-3-11-13(5-9)18-11)17-8-10-2-4-12-14(6-10)19-12/h9-16H,1-8H2. The summed E-state index contributed by atoms with van der Waals surface area (Å²) in [7, 11) is 0. The Morgan fingerprint density at radius 3 is 2.21 bits per heavy atom. The molecule has 7 unspecified atom stereocenters. The van der Waals surface area contributed by atoms with Crippen LogP contribution in [-0.4, -0.2) is 42.4 Å². The molecule has 4 aliphatic rings. The monoisotopic (exact) mass is 268 g/mol. The summed E-state index contributed by atoms with van der Waals surface area (Å²) in [5.74, 6) is 1.17. The van der Waals surface area contributed by atoms with Gasteiger partial charge in [0.05, 0.1) is 31.0 Å². The maximum Gasteiger partial charge on any atom is 0.154 e. The predicted molar refractivity (Wildman–Crippen MR) is 68.6 cm³/mol. The molecular formula is C15H24O4. The van der Waals surface area contributed by atoms with Crippen LogP contribution < -0.4 is 0 Å². The van der Waals surface area contributed by atoms with E-state index >= 15 is 0 Å². The average Bonchev–Trinajstić information content (AvgIpc) is 3.29. The highest BCUT2D eigenvalue weighted by molar-refractivity contribution is 4.93. The van der Waals surface area contributed by atoms with Crippen LogP contribution in [0.2, 0.25) is 0 Å². The minimum absolute atomic E-state index is 0.494. The second kappa shape index (κ2) is 4.99. The molecule has 2 heterocycles. The number of aliphatic hydroxyl groups is 1. The third-order valence-electron chi connectivity index (χ3n) is 5.28. The fourth-order valence-corrected chi connectivity index (χ4v) is 3.94. The molecule has 0 aromatic heterocycles. The van der Waals surface area contributed by atoms with Crippen LogP contribution in [0.25, 0.3) is 0 Å². The highest BCUT2D eigenvalue weighted by Crippen LogP contribution is 2.41. The van der Waals surface area contributed by atoms with Gasteiger partial charge >= 0.3 is 0 Å². The van der Waals surface area contributed by atoms with E-state index in [1.54, 1.807) is 0 Å². The number of fused-ring (bicyclic) bond motifs is 2. The fourth-order valence-electron chi connectivity index (χ4n) is 3.94. The van der Waals surface area contributed by atoms with Crippen molar-refractivity contribution in [3.63, 3.8) is 0 Å². The number of rotatable bonds is 5. The Morgan fingerprint density at radius 2 is 1.53 bits per heavy atom. The molecule has 4 fully saturated rings. The Kier molecular flexibility index (Phi) is 3.30. The van der Waals surface area contributed by atoms with Crippen molar-refractivity contribution in [2.75, 3.05) is 6.61 Å². The lowest BCUT2D eigenvalue weighted by Gasteiger charge is -2.24. The minimum Gasteiger partial charge on any atom is -0.370 e. The third kappa shape index (κ3) is 2.97. The van der Waals surface area contributed by atoms with E-state index in [-0.39, 0.29) is 0 Å². The summed E-state index contributed by atoms with van der Waals surface area (Å²) in [6.45, 7) is 0.697. The Labute approximate surface area is 114 Å². The zero-order chi connectivity index (χ0) is 12.8. The highest BCUT2D eigenvalue weighted by Gasteiger charge is 2.45. The van der Waals surface area contributed by atoms with Crippen molar-refractivity contribution < 1.29 is 19.3 Å². The first kappa shape index (κ1) is 12.6. The Morgan fingerprint density at radius 1 is 0.895 bits per heavy atom. The van der Waals surface area contributed by atoms with Gasteiger partial charge in [-0.05, 0) is 50.4 Å². The molecule has 7 atom stereocenters. The molecule has 0 amide bonds. The summed E-state index contributed by atoms with van der Waals surface area (Å²) in [5, 5.41) is 10.0. The van der Waals surface area contributed by atoms with E-state index in [2.05, 4.69) is 0 Å². The second-order valence-corrected chi connectivity index (χ2v) is 6.81. The Balaban J connectivity index is 1.15. The summed E-state index contributed by atoms with van der Waals surface area (Å²) < 4.78 is 16.7. The lowest BCUT2D eigenvalue weighted by Crippen LogP contribution is -2.25. The van der Waals surface area contributed by atoms with Gasteiger partial charge in [-0.15, -0.1) is 0 Å². The lowest BCUT2D eigenvalue weighted by molar-refractivity contribution is -0.124. The molecule has 19 heavy (non-hydrogen) atoms. The van der Waals surface area contributed by atoms with Crippen LogP contribution in [0, 0.1) is 11.8 Å². The van der Waals surface area contributed by atoms with E-state index in [1.807, 2.05) is 0 Å². The Hall–Kier alpha value is -0.160. The van der Waals surface area contributed by atoms with Gasteiger partial charge in [0.15, 0.2) is 6.29 Å². The van der Waals surface area contributed by atoms with Gasteiger partial charge in [0.2, 0.25) is 0 Å². The van der Waals surface area contributed by atoms with Crippen molar-refractivity contribution in [2.45, 2.75) is 75.7 Å². The van der Waals surface area contributed by atoms with E-state index in [0.717, 1.165) is 19.3 Å². The van der Waals surface area contributed by atoms with Crippen molar-refractivity contribution >= 4 is 0 Å². The predicted octanol–water partition coefficient (Wildman–Crippen LogP) is 1.85. The molecule has 4 nitrogen and oxygen atoms in total. The number of ether oxygens (including phenoxy) is 3. The molecule has 2 saturated carbocycles. The van der Waals surface area contributed by atoms with Crippen LogP contribution >= 0.6 is 0 Å². The molecule has 1 N–H and O–H groups in total. The molecular weight excluding hydrogens is 244 g/mol. The maximum atomic E-state index is 10.0. The van der Waals surface area contributed by atoms with Gasteiger partial charge in [-0.1, -0.05) is 0 Å². The maximum absolute atomic E-state index is 10.0. The smallest absolute Gasteiger partial charge is 0.154 e. The summed E-state index contributed by atoms with van der Waals surface area (Å²) in [4.78, 5) is 0. The summed E-state index contributed by atoms with van der Waals surface area (Å²) in [5.41, 5.74) is 0. The molecule has 4 rings (SSSR count). The van der Waals surface area contributed by atoms with Gasteiger partial charge < -0.3 is 19.3 Å². The largest absolute Gasteiger partial charge is 0.370 e. The average molecular weight is 268 g/mol. The number of hydrogen-bond donors (Lipinski definition) is 1. The SMILES string of the molecule is OC(CC1CCC2OC2C1)OCC1CCC2OC2C1. The van der Waals surface area contributed by atoms with Crippen molar-refractivity contribution in [1.29, 1.82) is 0 Å². The molecule has 108 valence electrons. The fraction of sp³-hybridized carbons (Fsp3) is 1.00. The minimum atomic E-state index is -0.585. The Bertz CT molecular complexity index is 334. The van der Waals surface area contributed by atoms with Gasteiger partial charge in [0.1, 0.15) is 0 Å². The van der Waals surface area contributed by atoms with E-state index in [9.17, 15) is 5.11 Å². The van der Waals surface area contributed by atoms with E-state index in [4.69, 9.17) is 14.2 Å². The topological polar surface area (TPSA) is 54.5 Å². The van der Waals surface area contributed by atoms with Gasteiger partial charge in [0, 0.05) is 6.42 Å². The lowest BCUT2D eigenvalue weighted by atomic mass is 9.87. The van der Waals surface area contributed by atoms with Crippen LogP contribution in [0.5, 0.6) is 0 Å². The normalized spacial score (nSPS) is 49.1. The molecule has 2 saturated heterocycles. The van der Waals surface area contributed by atoms with E-state index in [1.165, 1.54) is 25.7 Å². The van der Waals surface area contributed by atoms with Gasteiger partial charge in [-0.2, -0.15) is 0 Å². The first-order valence-corrected chi connectivity index (χ1v) is 7.88. The van der Waals surface area contributed by atoms with Crippen molar-refractivity contribution in [3.05, 3.63) is 0 Å². The summed E-state index contributed by atoms with van der Waals surface area (Å²) >= 11 is 0. The van der Waals surface area contributed by atoms with Crippen LogP contribution in [0.15, 0.2) is 0 Å². The second-order valence-electron chi connectivity index (χ2n) is 6.81. The van der Waals surface area contributed by atoms with Crippen LogP contribution in [0.1, 0.15) is 44.9 Å². The highest BCUT2D eigenvalue weighted by atomic mass is 16.6. The zero-order valence-corrected chi connectivity index (χ0v) is 11.4. The third-order valence-corrected chi connectivity index (χ3v) is 5.28. The molecule has 0 aromatic rings. The summed E-state index contributed by atoms with van der Waals surface area (Å²) in [6, 6.07) is 0. The number of aliphatic hydroxyl groups excluding tert-OH is 1. The first-order valence-electron chi connectivity index (χ1n) is 7.88. The molecule has 2 aliphatic carbocycles. The van der Waals surface area contributed by atoms with Gasteiger partial charge in [0.25, 0.3) is 0 Å². The van der Waals surface area contributed by atoms with Gasteiger partial charge in [-0.3, -0.25) is 0 Å². The van der Waals surface area contributed by atoms with Crippen LogP contribution in [0.4, 0.5) is 0 Å².